The number of carboxylic acids is 1. The number of rotatable bonds is 4. The van der Waals surface area contributed by atoms with Crippen molar-refractivity contribution in [1.82, 2.24) is 0 Å². The average molecular weight is 358 g/mol. The molecule has 1 atom stereocenters. The van der Waals surface area contributed by atoms with E-state index < -0.39 is 23.6 Å². The van der Waals surface area contributed by atoms with E-state index in [2.05, 4.69) is 0 Å². The van der Waals surface area contributed by atoms with Gasteiger partial charge in [-0.1, -0.05) is 17.7 Å². The molecule has 8 heteroatoms. The molecule has 0 amide bonds. The SMILES string of the molecule is N#CC1C=C(C(=O)O)C=C(COc2ccc(C(F)(F)F)cc2Cl)C1. The quantitative estimate of drug-likeness (QED) is 0.876. The number of alkyl halides is 3. The fourth-order valence-electron chi connectivity index (χ4n) is 2.17. The minimum atomic E-state index is -4.50. The Kier molecular flexibility index (Phi) is 5.20. The lowest BCUT2D eigenvalue weighted by Crippen LogP contribution is -2.13. The van der Waals surface area contributed by atoms with Crippen LogP contribution >= 0.6 is 11.6 Å². The van der Waals surface area contributed by atoms with Gasteiger partial charge in [0, 0.05) is 0 Å². The summed E-state index contributed by atoms with van der Waals surface area (Å²) in [5.41, 5.74) is -0.375. The van der Waals surface area contributed by atoms with Crippen LogP contribution in [0.1, 0.15) is 12.0 Å². The molecule has 0 heterocycles. The number of benzene rings is 1. The Morgan fingerprint density at radius 3 is 2.71 bits per heavy atom. The van der Waals surface area contributed by atoms with Crippen molar-refractivity contribution in [2.24, 2.45) is 5.92 Å². The first-order valence-electron chi connectivity index (χ1n) is 6.74. The van der Waals surface area contributed by atoms with Crippen molar-refractivity contribution in [3.05, 3.63) is 52.1 Å². The molecule has 4 nitrogen and oxygen atoms in total. The largest absolute Gasteiger partial charge is 0.488 e. The molecule has 0 fully saturated rings. The van der Waals surface area contributed by atoms with E-state index in [1.165, 1.54) is 12.2 Å². The molecule has 0 spiro atoms. The number of carbonyl (C=O) groups is 1. The molecule has 1 N–H and O–H groups in total. The summed E-state index contributed by atoms with van der Waals surface area (Å²) in [5.74, 6) is -1.71. The van der Waals surface area contributed by atoms with Gasteiger partial charge in [-0.3, -0.25) is 0 Å². The molecule has 1 aromatic carbocycles. The fourth-order valence-corrected chi connectivity index (χ4v) is 2.40. The first-order chi connectivity index (χ1) is 11.2. The predicted octanol–water partition coefficient (Wildman–Crippen LogP) is 4.22. The van der Waals surface area contributed by atoms with Gasteiger partial charge in [0.25, 0.3) is 0 Å². The maximum absolute atomic E-state index is 12.6. The fraction of sp³-hybridized carbons (Fsp3) is 0.250. The lowest BCUT2D eigenvalue weighted by molar-refractivity contribution is -0.137. The highest BCUT2D eigenvalue weighted by molar-refractivity contribution is 6.32. The van der Waals surface area contributed by atoms with Crippen LogP contribution in [0.2, 0.25) is 5.02 Å². The number of halogens is 4. The van der Waals surface area contributed by atoms with Crippen molar-refractivity contribution < 1.29 is 27.8 Å². The summed E-state index contributed by atoms with van der Waals surface area (Å²) in [7, 11) is 0. The molecule has 1 aliphatic carbocycles. The summed E-state index contributed by atoms with van der Waals surface area (Å²) in [5, 5.41) is 17.8. The van der Waals surface area contributed by atoms with Gasteiger partial charge < -0.3 is 9.84 Å². The summed E-state index contributed by atoms with van der Waals surface area (Å²) in [6, 6.07) is 4.67. The van der Waals surface area contributed by atoms with Gasteiger partial charge in [0.2, 0.25) is 0 Å². The number of nitriles is 1. The zero-order chi connectivity index (χ0) is 17.9. The van der Waals surface area contributed by atoms with Crippen molar-refractivity contribution in [1.29, 1.82) is 5.26 Å². The highest BCUT2D eigenvalue weighted by Crippen LogP contribution is 2.35. The van der Waals surface area contributed by atoms with E-state index in [4.69, 9.17) is 26.7 Å². The van der Waals surface area contributed by atoms with E-state index >= 15 is 0 Å². The molecular weight excluding hydrogens is 347 g/mol. The average Bonchev–Trinajstić information content (AvgIpc) is 2.52. The number of allylic oxidation sites excluding steroid dienone is 1. The third-order valence-corrected chi connectivity index (χ3v) is 3.60. The number of aliphatic carboxylic acids is 1. The standard InChI is InChI=1S/C16H11ClF3NO3/c17-13-6-12(16(18,19)20)1-2-14(13)24-8-10-3-9(7-21)4-11(5-10)15(22)23/h1-2,4-6,9H,3,8H2,(H,22,23). The molecule has 0 saturated heterocycles. The first kappa shape index (κ1) is 17.9. The second-order valence-corrected chi connectivity index (χ2v) is 5.51. The van der Waals surface area contributed by atoms with Crippen LogP contribution in [0.15, 0.2) is 41.5 Å². The first-order valence-corrected chi connectivity index (χ1v) is 7.12. The summed E-state index contributed by atoms with van der Waals surface area (Å²) in [6.45, 7) is -0.0755. The molecule has 1 aliphatic rings. The van der Waals surface area contributed by atoms with Gasteiger partial charge in [-0.05, 0) is 36.3 Å². The van der Waals surface area contributed by atoms with Crippen molar-refractivity contribution in [3.8, 4) is 11.8 Å². The van der Waals surface area contributed by atoms with Gasteiger partial charge in [0.15, 0.2) is 0 Å². The molecule has 0 saturated carbocycles. The number of ether oxygens (including phenoxy) is 1. The Balaban J connectivity index is 2.12. The van der Waals surface area contributed by atoms with Crippen LogP contribution in [-0.2, 0) is 11.0 Å². The van der Waals surface area contributed by atoms with E-state index in [1.54, 1.807) is 0 Å². The van der Waals surface area contributed by atoms with Crippen molar-refractivity contribution in [2.75, 3.05) is 6.61 Å². The molecule has 1 aromatic rings. The number of carboxylic acid groups (broad SMARTS) is 1. The number of nitrogens with zero attached hydrogens (tertiary/aromatic N) is 1. The lowest BCUT2D eigenvalue weighted by atomic mass is 9.91. The highest BCUT2D eigenvalue weighted by atomic mass is 35.5. The van der Waals surface area contributed by atoms with Crippen LogP contribution in [-0.4, -0.2) is 17.7 Å². The third kappa shape index (κ3) is 4.30. The number of hydrogen-bond acceptors (Lipinski definition) is 3. The second kappa shape index (κ2) is 6.97. The molecule has 1 unspecified atom stereocenters. The molecule has 0 aliphatic heterocycles. The Morgan fingerprint density at radius 2 is 2.17 bits per heavy atom. The molecule has 0 bridgehead atoms. The normalized spacial score (nSPS) is 17.5. The Hall–Kier alpha value is -2.46. The molecule has 0 radical (unpaired) electrons. The van der Waals surface area contributed by atoms with Crippen LogP contribution in [0, 0.1) is 17.2 Å². The van der Waals surface area contributed by atoms with E-state index in [-0.39, 0.29) is 29.4 Å². The summed E-state index contributed by atoms with van der Waals surface area (Å²) in [6.07, 6.45) is -1.49. The van der Waals surface area contributed by atoms with Gasteiger partial charge >= 0.3 is 12.1 Å². The Labute approximate surface area is 140 Å². The van der Waals surface area contributed by atoms with Crippen LogP contribution < -0.4 is 4.74 Å². The van der Waals surface area contributed by atoms with Gasteiger partial charge in [0.05, 0.1) is 28.1 Å². The minimum Gasteiger partial charge on any atom is -0.488 e. The molecule has 2 rings (SSSR count). The molecule has 24 heavy (non-hydrogen) atoms. The van der Waals surface area contributed by atoms with Gasteiger partial charge in [-0.15, -0.1) is 0 Å². The Bertz CT molecular complexity index is 763. The Morgan fingerprint density at radius 1 is 1.46 bits per heavy atom. The molecule has 126 valence electrons. The highest BCUT2D eigenvalue weighted by Gasteiger charge is 2.31. The zero-order valence-electron chi connectivity index (χ0n) is 12.1. The lowest BCUT2D eigenvalue weighted by Gasteiger charge is -2.17. The summed E-state index contributed by atoms with van der Waals surface area (Å²) < 4.78 is 43.1. The van der Waals surface area contributed by atoms with Crippen LogP contribution in [0.3, 0.4) is 0 Å². The van der Waals surface area contributed by atoms with E-state index in [0.29, 0.717) is 5.57 Å². The van der Waals surface area contributed by atoms with Gasteiger partial charge in [0.1, 0.15) is 12.4 Å². The van der Waals surface area contributed by atoms with Crippen molar-refractivity contribution in [3.63, 3.8) is 0 Å². The predicted molar refractivity (Wildman–Crippen MR) is 79.5 cm³/mol. The molecule has 0 aromatic heterocycles. The van der Waals surface area contributed by atoms with Crippen LogP contribution in [0.4, 0.5) is 13.2 Å². The van der Waals surface area contributed by atoms with E-state index in [9.17, 15) is 18.0 Å². The number of hydrogen-bond donors (Lipinski definition) is 1. The third-order valence-electron chi connectivity index (χ3n) is 3.31. The summed E-state index contributed by atoms with van der Waals surface area (Å²) in [4.78, 5) is 11.0. The van der Waals surface area contributed by atoms with E-state index in [0.717, 1.165) is 18.2 Å². The second-order valence-electron chi connectivity index (χ2n) is 5.10. The smallest absolute Gasteiger partial charge is 0.416 e. The maximum atomic E-state index is 12.6. The summed E-state index contributed by atoms with van der Waals surface area (Å²) >= 11 is 5.79. The minimum absolute atomic E-state index is 0.0232. The van der Waals surface area contributed by atoms with Crippen molar-refractivity contribution >= 4 is 17.6 Å². The zero-order valence-corrected chi connectivity index (χ0v) is 12.9. The van der Waals surface area contributed by atoms with Crippen molar-refractivity contribution in [2.45, 2.75) is 12.6 Å². The maximum Gasteiger partial charge on any atom is 0.416 e. The van der Waals surface area contributed by atoms with Gasteiger partial charge in [-0.2, -0.15) is 18.4 Å². The topological polar surface area (TPSA) is 70.3 Å². The van der Waals surface area contributed by atoms with Gasteiger partial charge in [-0.25, -0.2) is 4.79 Å². The molecular formula is C16H11ClF3NO3. The monoisotopic (exact) mass is 357 g/mol. The van der Waals surface area contributed by atoms with Crippen LogP contribution in [0.5, 0.6) is 5.75 Å². The van der Waals surface area contributed by atoms with Crippen LogP contribution in [0.25, 0.3) is 0 Å². The van der Waals surface area contributed by atoms with E-state index in [1.807, 2.05) is 6.07 Å².